The molecule has 0 saturated heterocycles. The Morgan fingerprint density at radius 3 is 2.86 bits per heavy atom. The maximum Gasteiger partial charge on any atom is 0.333 e. The van der Waals surface area contributed by atoms with Crippen molar-refractivity contribution in [1.82, 2.24) is 9.78 Å². The van der Waals surface area contributed by atoms with Gasteiger partial charge >= 0.3 is 5.97 Å². The number of ether oxygens (including phenoxy) is 1. The lowest BCUT2D eigenvalue weighted by Crippen LogP contribution is -2.25. The van der Waals surface area contributed by atoms with Gasteiger partial charge in [-0.15, -0.1) is 0 Å². The predicted octanol–water partition coefficient (Wildman–Crippen LogP) is 0.825. The third kappa shape index (κ3) is 2.55. The van der Waals surface area contributed by atoms with Gasteiger partial charge in [-0.3, -0.25) is 4.68 Å². The SMILES string of the molecule is COC(Cc1cc(Br)nn1C)C(=O)O. The standard InChI is InChI=1S/C8H11BrN2O3/c1-11-5(4-7(9)10-11)3-6(14-2)8(12)13/h4,6H,3H2,1-2H3,(H,12,13). The Morgan fingerprint density at radius 2 is 2.50 bits per heavy atom. The summed E-state index contributed by atoms with van der Waals surface area (Å²) < 4.78 is 7.14. The van der Waals surface area contributed by atoms with Crippen molar-refractivity contribution in [2.24, 2.45) is 7.05 Å². The molecule has 6 heteroatoms. The van der Waals surface area contributed by atoms with Gasteiger partial charge in [0.25, 0.3) is 0 Å². The Bertz CT molecular complexity index is 337. The van der Waals surface area contributed by atoms with Crippen molar-refractivity contribution in [2.45, 2.75) is 12.5 Å². The average Bonchev–Trinajstić information content (AvgIpc) is 2.40. The monoisotopic (exact) mass is 262 g/mol. The Labute approximate surface area is 89.8 Å². The number of hydrogen-bond acceptors (Lipinski definition) is 3. The Morgan fingerprint density at radius 1 is 1.86 bits per heavy atom. The molecule has 0 saturated carbocycles. The van der Waals surface area contributed by atoms with E-state index in [9.17, 15) is 4.79 Å². The second-order valence-corrected chi connectivity index (χ2v) is 3.66. The molecule has 78 valence electrons. The second kappa shape index (κ2) is 4.56. The number of aryl methyl sites for hydroxylation is 1. The summed E-state index contributed by atoms with van der Waals surface area (Å²) in [4.78, 5) is 10.7. The zero-order valence-corrected chi connectivity index (χ0v) is 9.48. The van der Waals surface area contributed by atoms with Crippen molar-refractivity contribution < 1.29 is 14.6 Å². The minimum absolute atomic E-state index is 0.306. The highest BCUT2D eigenvalue weighted by Crippen LogP contribution is 2.12. The van der Waals surface area contributed by atoms with E-state index in [-0.39, 0.29) is 0 Å². The van der Waals surface area contributed by atoms with Crippen LogP contribution in [-0.4, -0.2) is 34.1 Å². The van der Waals surface area contributed by atoms with Gasteiger partial charge in [0.15, 0.2) is 6.10 Å². The second-order valence-electron chi connectivity index (χ2n) is 2.85. The van der Waals surface area contributed by atoms with Crippen molar-refractivity contribution in [3.05, 3.63) is 16.4 Å². The van der Waals surface area contributed by atoms with E-state index < -0.39 is 12.1 Å². The van der Waals surface area contributed by atoms with Gasteiger partial charge in [-0.05, 0) is 22.0 Å². The smallest absolute Gasteiger partial charge is 0.333 e. The first-order valence-corrected chi connectivity index (χ1v) is 4.78. The van der Waals surface area contributed by atoms with E-state index in [1.165, 1.54) is 7.11 Å². The quantitative estimate of drug-likeness (QED) is 0.873. The van der Waals surface area contributed by atoms with Gasteiger partial charge in [-0.1, -0.05) is 0 Å². The number of aliphatic carboxylic acids is 1. The van der Waals surface area contributed by atoms with Crippen molar-refractivity contribution in [1.29, 1.82) is 0 Å². The van der Waals surface area contributed by atoms with Gasteiger partial charge < -0.3 is 9.84 Å². The molecule has 0 aliphatic heterocycles. The van der Waals surface area contributed by atoms with E-state index in [1.807, 2.05) is 0 Å². The summed E-state index contributed by atoms with van der Waals surface area (Å²) >= 11 is 3.21. The van der Waals surface area contributed by atoms with Gasteiger partial charge in [0.05, 0.1) is 0 Å². The molecule has 1 heterocycles. The fourth-order valence-corrected chi connectivity index (χ4v) is 1.62. The molecule has 0 amide bonds. The summed E-state index contributed by atoms with van der Waals surface area (Å²) in [6.45, 7) is 0. The van der Waals surface area contributed by atoms with E-state index in [0.29, 0.717) is 11.0 Å². The van der Waals surface area contributed by atoms with Crippen LogP contribution in [0.1, 0.15) is 5.69 Å². The molecule has 1 atom stereocenters. The number of aromatic nitrogens is 2. The van der Waals surface area contributed by atoms with E-state index >= 15 is 0 Å². The number of carboxylic acids is 1. The van der Waals surface area contributed by atoms with Gasteiger partial charge in [0.2, 0.25) is 0 Å². The minimum Gasteiger partial charge on any atom is -0.479 e. The van der Waals surface area contributed by atoms with Crippen molar-refractivity contribution in [3.63, 3.8) is 0 Å². The van der Waals surface area contributed by atoms with E-state index in [0.717, 1.165) is 5.69 Å². The van der Waals surface area contributed by atoms with E-state index in [4.69, 9.17) is 9.84 Å². The summed E-state index contributed by atoms with van der Waals surface area (Å²) in [7, 11) is 3.14. The molecule has 1 aromatic heterocycles. The molecule has 1 unspecified atom stereocenters. The molecule has 1 N–H and O–H groups in total. The molecule has 0 fully saturated rings. The van der Waals surface area contributed by atoms with Gasteiger partial charge in [0, 0.05) is 26.3 Å². The number of carboxylic acid groups (broad SMARTS) is 1. The van der Waals surface area contributed by atoms with Crippen LogP contribution in [0, 0.1) is 0 Å². The molecule has 1 aromatic rings. The van der Waals surface area contributed by atoms with Crippen molar-refractivity contribution in [2.75, 3.05) is 7.11 Å². The van der Waals surface area contributed by atoms with E-state index in [2.05, 4.69) is 21.0 Å². The number of methoxy groups -OCH3 is 1. The summed E-state index contributed by atoms with van der Waals surface area (Å²) in [5, 5.41) is 12.8. The summed E-state index contributed by atoms with van der Waals surface area (Å²) in [5.74, 6) is -0.968. The van der Waals surface area contributed by atoms with Crippen LogP contribution in [0.15, 0.2) is 10.7 Å². The Kier molecular flexibility index (Phi) is 3.65. The van der Waals surface area contributed by atoms with Crippen LogP contribution < -0.4 is 0 Å². The molecular weight excluding hydrogens is 252 g/mol. The lowest BCUT2D eigenvalue weighted by Gasteiger charge is -2.09. The summed E-state index contributed by atoms with van der Waals surface area (Å²) in [6.07, 6.45) is -0.515. The summed E-state index contributed by atoms with van der Waals surface area (Å²) in [6, 6.07) is 1.77. The lowest BCUT2D eigenvalue weighted by molar-refractivity contribution is -0.148. The predicted molar refractivity (Wildman–Crippen MR) is 53.0 cm³/mol. The molecule has 0 spiro atoms. The zero-order chi connectivity index (χ0) is 10.7. The number of halogens is 1. The van der Waals surface area contributed by atoms with Crippen LogP contribution in [0.25, 0.3) is 0 Å². The highest BCUT2D eigenvalue weighted by Gasteiger charge is 2.18. The number of rotatable bonds is 4. The van der Waals surface area contributed by atoms with Gasteiger partial charge in [-0.25, -0.2) is 4.79 Å². The zero-order valence-electron chi connectivity index (χ0n) is 7.90. The third-order valence-corrected chi connectivity index (χ3v) is 2.29. The largest absolute Gasteiger partial charge is 0.479 e. The maximum absolute atomic E-state index is 10.7. The van der Waals surface area contributed by atoms with Crippen molar-refractivity contribution in [3.8, 4) is 0 Å². The Balaban J connectivity index is 2.76. The topological polar surface area (TPSA) is 64.4 Å². The molecule has 0 bridgehead atoms. The van der Waals surface area contributed by atoms with Crippen LogP contribution in [0.5, 0.6) is 0 Å². The highest BCUT2D eigenvalue weighted by atomic mass is 79.9. The summed E-state index contributed by atoms with van der Waals surface area (Å²) in [5.41, 5.74) is 0.811. The maximum atomic E-state index is 10.7. The first-order valence-electron chi connectivity index (χ1n) is 3.98. The number of hydrogen-bond donors (Lipinski definition) is 1. The molecule has 14 heavy (non-hydrogen) atoms. The average molecular weight is 263 g/mol. The third-order valence-electron chi connectivity index (χ3n) is 1.90. The molecule has 0 aromatic carbocycles. The molecule has 0 radical (unpaired) electrons. The van der Waals surface area contributed by atoms with Gasteiger partial charge in [0.1, 0.15) is 4.60 Å². The van der Waals surface area contributed by atoms with Crippen LogP contribution in [-0.2, 0) is 23.0 Å². The first-order chi connectivity index (χ1) is 6.54. The normalized spacial score (nSPS) is 12.8. The molecule has 1 rings (SSSR count). The van der Waals surface area contributed by atoms with Crippen LogP contribution in [0.3, 0.4) is 0 Å². The highest BCUT2D eigenvalue weighted by molar-refractivity contribution is 9.10. The molecular formula is C8H11BrN2O3. The number of carbonyl (C=O) groups is 1. The molecule has 0 aliphatic rings. The molecule has 5 nitrogen and oxygen atoms in total. The first kappa shape index (κ1) is 11.2. The fraction of sp³-hybridized carbons (Fsp3) is 0.500. The van der Waals surface area contributed by atoms with Gasteiger partial charge in [-0.2, -0.15) is 5.10 Å². The van der Waals surface area contributed by atoms with E-state index in [1.54, 1.807) is 17.8 Å². The fourth-order valence-electron chi connectivity index (χ4n) is 1.12. The van der Waals surface area contributed by atoms with Crippen LogP contribution in [0.2, 0.25) is 0 Å². The number of nitrogens with zero attached hydrogens (tertiary/aromatic N) is 2. The minimum atomic E-state index is -0.968. The molecule has 0 aliphatic carbocycles. The van der Waals surface area contributed by atoms with Crippen molar-refractivity contribution >= 4 is 21.9 Å². The Hall–Kier alpha value is -0.880. The van der Waals surface area contributed by atoms with Crippen LogP contribution >= 0.6 is 15.9 Å². The lowest BCUT2D eigenvalue weighted by atomic mass is 10.2. The van der Waals surface area contributed by atoms with Crippen LogP contribution in [0.4, 0.5) is 0 Å².